The molecule has 2 aromatic rings. The van der Waals surface area contributed by atoms with Crippen LogP contribution in [0.15, 0.2) is 30.5 Å². The molecule has 2 rings (SSSR count). The third-order valence-corrected chi connectivity index (χ3v) is 3.32. The molecule has 1 aromatic carbocycles. The number of halogens is 1. The Labute approximate surface area is 116 Å². The molecule has 0 saturated heterocycles. The van der Waals surface area contributed by atoms with Crippen molar-refractivity contribution in [3.05, 3.63) is 39.8 Å². The second kappa shape index (κ2) is 6.07. The van der Waals surface area contributed by atoms with E-state index >= 15 is 0 Å². The lowest BCUT2D eigenvalue weighted by Crippen LogP contribution is -2.08. The Hall–Kier alpha value is -1.26. The van der Waals surface area contributed by atoms with Crippen LogP contribution in [0.4, 0.5) is 5.69 Å². The Morgan fingerprint density at radius 1 is 1.39 bits per heavy atom. The lowest BCUT2D eigenvalue weighted by molar-refractivity contribution is 0.243. The number of anilines is 1. The van der Waals surface area contributed by atoms with Crippen molar-refractivity contribution in [2.24, 2.45) is 0 Å². The van der Waals surface area contributed by atoms with Crippen molar-refractivity contribution in [3.8, 4) is 5.75 Å². The van der Waals surface area contributed by atoms with Crippen LogP contribution in [0.5, 0.6) is 5.75 Å². The van der Waals surface area contributed by atoms with Crippen LogP contribution in [-0.2, 0) is 6.54 Å². The molecule has 0 saturated carbocycles. The summed E-state index contributed by atoms with van der Waals surface area (Å²) in [7, 11) is 0. The van der Waals surface area contributed by atoms with Gasteiger partial charge < -0.3 is 10.1 Å². The highest BCUT2D eigenvalue weighted by molar-refractivity contribution is 7.15. The Bertz CT molecular complexity index is 513. The second-order valence-corrected chi connectivity index (χ2v) is 5.82. The van der Waals surface area contributed by atoms with Crippen LogP contribution in [0, 0.1) is 0 Å². The summed E-state index contributed by atoms with van der Waals surface area (Å²) in [6, 6.07) is 7.89. The number of hydrogen-bond donors (Lipinski definition) is 1. The molecular formula is C13H15ClN2OS. The van der Waals surface area contributed by atoms with Crippen LogP contribution in [0.3, 0.4) is 0 Å². The number of para-hydroxylation sites is 2. The van der Waals surface area contributed by atoms with Crippen molar-refractivity contribution >= 4 is 28.6 Å². The van der Waals surface area contributed by atoms with E-state index in [1.165, 1.54) is 11.3 Å². The molecule has 1 heterocycles. The number of rotatable bonds is 5. The number of benzene rings is 1. The summed E-state index contributed by atoms with van der Waals surface area (Å²) in [4.78, 5) is 4.20. The largest absolute Gasteiger partial charge is 0.489 e. The Balaban J connectivity index is 2.04. The Kier molecular flexibility index (Phi) is 4.44. The lowest BCUT2D eigenvalue weighted by Gasteiger charge is -2.14. The molecule has 0 spiro atoms. The summed E-state index contributed by atoms with van der Waals surface area (Å²) in [6.07, 6.45) is 1.82. The van der Waals surface area contributed by atoms with Gasteiger partial charge in [0.15, 0.2) is 0 Å². The highest BCUT2D eigenvalue weighted by Gasteiger charge is 2.05. The van der Waals surface area contributed by atoms with Crippen molar-refractivity contribution in [1.82, 2.24) is 4.98 Å². The van der Waals surface area contributed by atoms with Gasteiger partial charge in [0.2, 0.25) is 0 Å². The van der Waals surface area contributed by atoms with E-state index in [-0.39, 0.29) is 6.10 Å². The maximum Gasteiger partial charge on any atom is 0.142 e. The van der Waals surface area contributed by atoms with Gasteiger partial charge in [-0.15, -0.1) is 11.3 Å². The quantitative estimate of drug-likeness (QED) is 0.893. The zero-order valence-electron chi connectivity index (χ0n) is 10.3. The smallest absolute Gasteiger partial charge is 0.142 e. The van der Waals surface area contributed by atoms with Crippen molar-refractivity contribution in [2.75, 3.05) is 5.32 Å². The van der Waals surface area contributed by atoms with E-state index in [2.05, 4.69) is 10.3 Å². The average molecular weight is 283 g/mol. The fourth-order valence-electron chi connectivity index (χ4n) is 1.51. The fourth-order valence-corrected chi connectivity index (χ4v) is 2.41. The molecule has 3 nitrogen and oxygen atoms in total. The first-order valence-corrected chi connectivity index (χ1v) is 6.94. The van der Waals surface area contributed by atoms with Crippen LogP contribution >= 0.6 is 22.9 Å². The standard InChI is InChI=1S/C13H15ClN2OS/c1-9(2)17-11-6-4-3-5-10(11)15-8-13-16-7-12(14)18-13/h3-7,9,15H,8H2,1-2H3. The molecule has 0 amide bonds. The van der Waals surface area contributed by atoms with E-state index in [0.717, 1.165) is 16.4 Å². The summed E-state index contributed by atoms with van der Waals surface area (Å²) < 4.78 is 6.44. The molecule has 0 aliphatic rings. The molecule has 0 atom stereocenters. The zero-order valence-corrected chi connectivity index (χ0v) is 11.9. The predicted molar refractivity (Wildman–Crippen MR) is 76.7 cm³/mol. The number of thiazole rings is 1. The molecule has 96 valence electrons. The van der Waals surface area contributed by atoms with Gasteiger partial charge in [0, 0.05) is 0 Å². The minimum atomic E-state index is 0.155. The predicted octanol–water partition coefficient (Wildman–Crippen LogP) is 4.20. The van der Waals surface area contributed by atoms with E-state index in [0.29, 0.717) is 10.9 Å². The minimum Gasteiger partial charge on any atom is -0.489 e. The molecule has 1 aromatic heterocycles. The van der Waals surface area contributed by atoms with E-state index in [1.807, 2.05) is 38.1 Å². The van der Waals surface area contributed by atoms with Gasteiger partial charge in [-0.1, -0.05) is 23.7 Å². The van der Waals surface area contributed by atoms with Gasteiger partial charge in [0.1, 0.15) is 15.1 Å². The molecule has 0 aliphatic carbocycles. The number of nitrogens with zero attached hydrogens (tertiary/aromatic N) is 1. The van der Waals surface area contributed by atoms with E-state index in [1.54, 1.807) is 6.20 Å². The number of nitrogens with one attached hydrogen (secondary N) is 1. The normalized spacial score (nSPS) is 10.7. The summed E-state index contributed by atoms with van der Waals surface area (Å²) in [5.41, 5.74) is 0.970. The molecule has 5 heteroatoms. The molecular weight excluding hydrogens is 268 g/mol. The number of ether oxygens (including phenoxy) is 1. The first-order chi connectivity index (χ1) is 8.65. The molecule has 0 unspecified atom stereocenters. The Morgan fingerprint density at radius 3 is 2.83 bits per heavy atom. The fraction of sp³-hybridized carbons (Fsp3) is 0.308. The molecule has 0 fully saturated rings. The van der Waals surface area contributed by atoms with Crippen LogP contribution in [0.2, 0.25) is 4.34 Å². The lowest BCUT2D eigenvalue weighted by atomic mass is 10.3. The third-order valence-electron chi connectivity index (χ3n) is 2.21. The van der Waals surface area contributed by atoms with Gasteiger partial charge in [-0.2, -0.15) is 0 Å². The highest BCUT2D eigenvalue weighted by Crippen LogP contribution is 2.26. The van der Waals surface area contributed by atoms with Gasteiger partial charge in [0.25, 0.3) is 0 Å². The Morgan fingerprint density at radius 2 is 2.17 bits per heavy atom. The summed E-state index contributed by atoms with van der Waals surface area (Å²) in [5.74, 6) is 0.857. The van der Waals surface area contributed by atoms with E-state index in [9.17, 15) is 0 Å². The highest BCUT2D eigenvalue weighted by atomic mass is 35.5. The first kappa shape index (κ1) is 13.2. The minimum absolute atomic E-state index is 0.155. The SMILES string of the molecule is CC(C)Oc1ccccc1NCc1ncc(Cl)s1. The number of aromatic nitrogens is 1. The molecule has 0 bridgehead atoms. The average Bonchev–Trinajstić information content (AvgIpc) is 2.73. The maximum atomic E-state index is 5.85. The first-order valence-electron chi connectivity index (χ1n) is 5.75. The van der Waals surface area contributed by atoms with Crippen molar-refractivity contribution in [3.63, 3.8) is 0 Å². The molecule has 0 radical (unpaired) electrons. The van der Waals surface area contributed by atoms with Gasteiger partial charge >= 0.3 is 0 Å². The van der Waals surface area contributed by atoms with E-state index in [4.69, 9.17) is 16.3 Å². The third kappa shape index (κ3) is 3.62. The van der Waals surface area contributed by atoms with Crippen LogP contribution in [0.1, 0.15) is 18.9 Å². The summed E-state index contributed by atoms with van der Waals surface area (Å²) in [5, 5.41) is 4.27. The number of hydrogen-bond acceptors (Lipinski definition) is 4. The van der Waals surface area contributed by atoms with Gasteiger partial charge in [-0.25, -0.2) is 4.98 Å². The maximum absolute atomic E-state index is 5.85. The van der Waals surface area contributed by atoms with Crippen molar-refractivity contribution in [1.29, 1.82) is 0 Å². The van der Waals surface area contributed by atoms with Crippen molar-refractivity contribution in [2.45, 2.75) is 26.5 Å². The van der Waals surface area contributed by atoms with Crippen LogP contribution in [0.25, 0.3) is 0 Å². The van der Waals surface area contributed by atoms with Crippen molar-refractivity contribution < 1.29 is 4.74 Å². The zero-order chi connectivity index (χ0) is 13.0. The van der Waals surface area contributed by atoms with Gasteiger partial charge in [-0.3, -0.25) is 0 Å². The van der Waals surface area contributed by atoms with Crippen LogP contribution < -0.4 is 10.1 Å². The molecule has 1 N–H and O–H groups in total. The van der Waals surface area contributed by atoms with Gasteiger partial charge in [-0.05, 0) is 26.0 Å². The second-order valence-electron chi connectivity index (χ2n) is 4.07. The van der Waals surface area contributed by atoms with Crippen LogP contribution in [-0.4, -0.2) is 11.1 Å². The van der Waals surface area contributed by atoms with E-state index < -0.39 is 0 Å². The monoisotopic (exact) mass is 282 g/mol. The molecule has 0 aliphatic heterocycles. The summed E-state index contributed by atoms with van der Waals surface area (Å²) in [6.45, 7) is 4.67. The topological polar surface area (TPSA) is 34.1 Å². The van der Waals surface area contributed by atoms with Gasteiger partial charge in [0.05, 0.1) is 24.5 Å². The molecule has 18 heavy (non-hydrogen) atoms. The summed E-state index contributed by atoms with van der Waals surface area (Å²) >= 11 is 7.32.